The zero-order chi connectivity index (χ0) is 31.7. The average molecular weight is 648 g/mol. The van der Waals surface area contributed by atoms with Crippen LogP contribution >= 0.6 is 23.1 Å². The van der Waals surface area contributed by atoms with Crippen molar-refractivity contribution in [2.24, 2.45) is 5.92 Å². The molecule has 0 unspecified atom stereocenters. The third-order valence-corrected chi connectivity index (χ3v) is 10.6. The molecule has 1 fully saturated rings. The fourth-order valence-corrected chi connectivity index (χ4v) is 7.72. The number of ether oxygens (including phenoxy) is 1. The van der Waals surface area contributed by atoms with E-state index < -0.39 is 0 Å². The van der Waals surface area contributed by atoms with Crippen molar-refractivity contribution in [3.63, 3.8) is 0 Å². The normalized spacial score (nSPS) is 13.8. The zero-order valence-corrected chi connectivity index (χ0v) is 27.5. The summed E-state index contributed by atoms with van der Waals surface area (Å²) in [5.74, 6) is 1.73. The second-order valence-electron chi connectivity index (χ2n) is 11.3. The predicted octanol–water partition coefficient (Wildman–Crippen LogP) is 8.35. The molecule has 1 saturated heterocycles. The van der Waals surface area contributed by atoms with Gasteiger partial charge in [-0.25, -0.2) is 9.97 Å². The molecule has 234 valence electrons. The minimum absolute atomic E-state index is 0.302. The quantitative estimate of drug-likeness (QED) is 0.103. The highest BCUT2D eigenvalue weighted by Crippen LogP contribution is 2.46. The van der Waals surface area contributed by atoms with Crippen LogP contribution in [0.15, 0.2) is 95.3 Å². The van der Waals surface area contributed by atoms with Gasteiger partial charge in [-0.15, -0.1) is 23.1 Å². The molecule has 1 aliphatic heterocycles. The van der Waals surface area contributed by atoms with Crippen molar-refractivity contribution >= 4 is 34.7 Å². The number of hydrogen-bond donors (Lipinski definition) is 2. The largest absolute Gasteiger partial charge is 0.493 e. The van der Waals surface area contributed by atoms with Crippen LogP contribution in [-0.4, -0.2) is 59.1 Å². The second kappa shape index (κ2) is 15.4. The number of aliphatic hydroxyl groups is 1. The average Bonchev–Trinajstić information content (AvgIpc) is 3.50. The molecule has 0 amide bonds. The lowest BCUT2D eigenvalue weighted by molar-refractivity contribution is 0.126. The third-order valence-electron chi connectivity index (χ3n) is 8.26. The highest BCUT2D eigenvalue weighted by molar-refractivity contribution is 8.00. The summed E-state index contributed by atoms with van der Waals surface area (Å²) >= 11 is 3.17. The molecule has 0 spiro atoms. The molecule has 0 aliphatic carbocycles. The number of hydrogen-bond acceptors (Lipinski definition) is 9. The Bertz CT molecular complexity index is 1800. The molecule has 0 atom stereocenters. The number of rotatable bonds is 12. The van der Waals surface area contributed by atoms with Gasteiger partial charge in [-0.05, 0) is 85.5 Å². The Kier molecular flexibility index (Phi) is 10.6. The summed E-state index contributed by atoms with van der Waals surface area (Å²) in [4.78, 5) is 12.8. The maximum Gasteiger partial charge on any atom is 0.227 e. The summed E-state index contributed by atoms with van der Waals surface area (Å²) in [5, 5.41) is 23.0. The monoisotopic (exact) mass is 647 g/mol. The Balaban J connectivity index is 1.18. The van der Waals surface area contributed by atoms with Crippen LogP contribution in [0.1, 0.15) is 24.8 Å². The first kappa shape index (κ1) is 31.8. The topological polar surface area (TPSA) is 94.3 Å². The highest BCUT2D eigenvalue weighted by Gasteiger charge is 2.22. The lowest BCUT2D eigenvalue weighted by Gasteiger charge is -2.30. The van der Waals surface area contributed by atoms with Crippen LogP contribution in [0.4, 0.5) is 11.6 Å². The van der Waals surface area contributed by atoms with Gasteiger partial charge in [0.25, 0.3) is 0 Å². The Morgan fingerprint density at radius 1 is 1.00 bits per heavy atom. The molecule has 46 heavy (non-hydrogen) atoms. The van der Waals surface area contributed by atoms with E-state index in [2.05, 4.69) is 51.6 Å². The smallest absolute Gasteiger partial charge is 0.227 e. The first-order valence-electron chi connectivity index (χ1n) is 15.6. The van der Waals surface area contributed by atoms with Gasteiger partial charge in [-0.3, -0.25) is 0 Å². The summed E-state index contributed by atoms with van der Waals surface area (Å²) in [6, 6.07) is 30.9. The first-order chi connectivity index (χ1) is 22.6. The van der Waals surface area contributed by atoms with Gasteiger partial charge in [0.2, 0.25) is 5.95 Å². The number of nitriles is 1. The van der Waals surface area contributed by atoms with Gasteiger partial charge in [0.15, 0.2) is 0 Å². The van der Waals surface area contributed by atoms with Crippen LogP contribution in [0.5, 0.6) is 5.75 Å². The van der Waals surface area contributed by atoms with Gasteiger partial charge in [-0.2, -0.15) is 5.26 Å². The number of nitrogens with zero attached hydrogens (tertiary/aromatic N) is 4. The number of piperidine rings is 1. The first-order valence-corrected chi connectivity index (χ1v) is 17.6. The van der Waals surface area contributed by atoms with E-state index in [-0.39, 0.29) is 0 Å². The molecule has 5 aromatic rings. The number of aromatic nitrogens is 2. The minimum Gasteiger partial charge on any atom is -0.493 e. The van der Waals surface area contributed by atoms with Crippen molar-refractivity contribution in [2.45, 2.75) is 23.5 Å². The van der Waals surface area contributed by atoms with Crippen LogP contribution in [0.2, 0.25) is 0 Å². The Labute approximate surface area is 278 Å². The molecule has 9 heteroatoms. The molecule has 3 heterocycles. The second-order valence-corrected chi connectivity index (χ2v) is 13.4. The van der Waals surface area contributed by atoms with Crippen LogP contribution < -0.4 is 10.1 Å². The Morgan fingerprint density at radius 3 is 2.57 bits per heavy atom. The van der Waals surface area contributed by atoms with Gasteiger partial charge in [0.05, 0.1) is 27.0 Å². The van der Waals surface area contributed by atoms with E-state index in [0.717, 1.165) is 87.4 Å². The van der Waals surface area contributed by atoms with Crippen molar-refractivity contribution < 1.29 is 9.84 Å². The summed E-state index contributed by atoms with van der Waals surface area (Å²) in [7, 11) is 0. The Morgan fingerprint density at radius 2 is 1.78 bits per heavy atom. The molecule has 1 aliphatic rings. The summed E-state index contributed by atoms with van der Waals surface area (Å²) in [6.45, 7) is 4.04. The number of nitrogens with one attached hydrogen (secondary N) is 1. The van der Waals surface area contributed by atoms with E-state index >= 15 is 0 Å². The standard InChI is InChI=1S/C37H37N5O2S2/c1-45-36-32(24-38)34(29-11-5-10-28(22-29)27-8-3-2-4-9-27)35(46-36)33-14-17-39-37(41-33)40-30-12-6-13-31(23-30)44-21-7-18-42-19-15-26(25-43)16-20-42/h2-6,8-14,17,22-23,26,43H,7,15-16,18-21,25H2,1H3,(H,39,40,41). The fraction of sp³-hybridized carbons (Fsp3) is 0.270. The number of thioether (sulfide) groups is 1. The van der Waals surface area contributed by atoms with Crippen LogP contribution in [0.3, 0.4) is 0 Å². The molecule has 0 saturated carbocycles. The summed E-state index contributed by atoms with van der Waals surface area (Å²) in [6.07, 6.45) is 6.85. The number of likely N-dealkylation sites (tertiary alicyclic amines) is 1. The van der Waals surface area contributed by atoms with E-state index in [1.807, 2.05) is 60.9 Å². The third kappa shape index (κ3) is 7.60. The Hall–Kier alpha value is -4.20. The lowest BCUT2D eigenvalue weighted by atomic mass is 9.96. The van der Waals surface area contributed by atoms with Crippen molar-refractivity contribution in [2.75, 3.05) is 44.4 Å². The van der Waals surface area contributed by atoms with E-state index in [1.54, 1.807) is 29.3 Å². The van der Waals surface area contributed by atoms with Gasteiger partial charge >= 0.3 is 0 Å². The maximum absolute atomic E-state index is 10.3. The molecule has 0 bridgehead atoms. The number of thiophene rings is 1. The molecule has 6 rings (SSSR count). The summed E-state index contributed by atoms with van der Waals surface area (Å²) < 4.78 is 7.04. The molecular formula is C37H37N5O2S2. The molecular weight excluding hydrogens is 611 g/mol. The van der Waals surface area contributed by atoms with Crippen molar-refractivity contribution in [3.05, 3.63) is 96.7 Å². The molecule has 3 aromatic carbocycles. The SMILES string of the molecule is CSc1sc(-c2ccnc(Nc3cccc(OCCCN4CCC(CO)CC4)c3)n2)c(-c2cccc(-c3ccccc3)c2)c1C#N. The van der Waals surface area contributed by atoms with Gasteiger partial charge in [0.1, 0.15) is 11.8 Å². The number of aliphatic hydroxyl groups excluding tert-OH is 1. The van der Waals surface area contributed by atoms with E-state index in [0.29, 0.717) is 30.6 Å². The van der Waals surface area contributed by atoms with E-state index in [4.69, 9.17) is 9.72 Å². The van der Waals surface area contributed by atoms with Crippen molar-refractivity contribution in [3.8, 4) is 44.6 Å². The van der Waals surface area contributed by atoms with Gasteiger partial charge < -0.3 is 20.1 Å². The number of anilines is 2. The maximum atomic E-state index is 10.3. The van der Waals surface area contributed by atoms with Gasteiger partial charge in [-0.1, -0.05) is 54.6 Å². The van der Waals surface area contributed by atoms with Crippen LogP contribution in [-0.2, 0) is 0 Å². The number of benzene rings is 3. The zero-order valence-electron chi connectivity index (χ0n) is 25.9. The van der Waals surface area contributed by atoms with Crippen LogP contribution in [0, 0.1) is 17.2 Å². The van der Waals surface area contributed by atoms with Crippen LogP contribution in [0.25, 0.3) is 32.8 Å². The molecule has 7 nitrogen and oxygen atoms in total. The summed E-state index contributed by atoms with van der Waals surface area (Å²) in [5.41, 5.74) is 6.37. The molecule has 2 aromatic heterocycles. The van der Waals surface area contributed by atoms with E-state index in [1.165, 1.54) is 0 Å². The minimum atomic E-state index is 0.302. The van der Waals surface area contributed by atoms with E-state index in [9.17, 15) is 10.4 Å². The highest BCUT2D eigenvalue weighted by atomic mass is 32.2. The fourth-order valence-electron chi connectivity index (χ4n) is 5.81. The molecule has 0 radical (unpaired) electrons. The van der Waals surface area contributed by atoms with Gasteiger partial charge in [0, 0.05) is 36.7 Å². The van der Waals surface area contributed by atoms with Crippen molar-refractivity contribution in [1.29, 1.82) is 5.26 Å². The predicted molar refractivity (Wildman–Crippen MR) is 189 cm³/mol. The lowest BCUT2D eigenvalue weighted by Crippen LogP contribution is -2.35. The van der Waals surface area contributed by atoms with Crippen molar-refractivity contribution in [1.82, 2.24) is 14.9 Å². The molecule has 2 N–H and O–H groups in total.